The van der Waals surface area contributed by atoms with Gasteiger partial charge in [-0.2, -0.15) is 0 Å². The molecule has 6 N–H and O–H groups in total. The van der Waals surface area contributed by atoms with E-state index in [1.807, 2.05) is 0 Å². The molecule has 108 valence electrons. The largest absolute Gasteiger partial charge is 0.448 e. The number of benzene rings is 1. The Morgan fingerprint density at radius 1 is 1.30 bits per heavy atom. The van der Waals surface area contributed by atoms with Crippen molar-refractivity contribution >= 4 is 17.8 Å². The number of primary amides is 1. The first-order chi connectivity index (χ1) is 9.56. The van der Waals surface area contributed by atoms with Crippen molar-refractivity contribution in [1.29, 1.82) is 0 Å². The Morgan fingerprint density at radius 3 is 2.50 bits per heavy atom. The molecule has 0 aromatic heterocycles. The number of hydrogen-bond donors (Lipinski definition) is 4. The molecule has 0 saturated carbocycles. The topological polar surface area (TPSA) is 140 Å². The van der Waals surface area contributed by atoms with Crippen LogP contribution in [0.3, 0.4) is 0 Å². The van der Waals surface area contributed by atoms with Gasteiger partial charge in [0.2, 0.25) is 5.91 Å². The molecule has 1 unspecified atom stereocenters. The predicted octanol–water partition coefficient (Wildman–Crippen LogP) is -0.272. The van der Waals surface area contributed by atoms with Gasteiger partial charge in [-0.15, -0.1) is 0 Å². The normalized spacial score (nSPS) is 12.5. The van der Waals surface area contributed by atoms with Gasteiger partial charge in [0.15, 0.2) is 5.84 Å². The summed E-state index contributed by atoms with van der Waals surface area (Å²) in [6.45, 7) is 0.0164. The van der Waals surface area contributed by atoms with E-state index in [1.54, 1.807) is 30.3 Å². The standard InChI is InChI=1S/C12H16N4O4/c13-10(16-19)9(8-4-2-1-3-5-8)11(17)15-6-7-20-12(14)18/h1-5,9,19H,6-7H2,(H2,13,16)(H2,14,18)(H,15,17). The minimum absolute atomic E-state index is 0.0568. The fourth-order valence-electron chi connectivity index (χ4n) is 1.59. The number of amidine groups is 1. The molecule has 1 aromatic rings. The second-order valence-corrected chi connectivity index (χ2v) is 3.83. The highest BCUT2D eigenvalue weighted by Crippen LogP contribution is 2.15. The molecule has 1 aromatic carbocycles. The van der Waals surface area contributed by atoms with Crippen LogP contribution < -0.4 is 16.8 Å². The van der Waals surface area contributed by atoms with E-state index in [4.69, 9.17) is 16.7 Å². The van der Waals surface area contributed by atoms with Crippen molar-refractivity contribution in [3.8, 4) is 0 Å². The first-order valence-electron chi connectivity index (χ1n) is 5.78. The SMILES string of the molecule is NC(=O)OCCNC(=O)C(/C(N)=N/O)c1ccccc1. The van der Waals surface area contributed by atoms with Gasteiger partial charge in [0.25, 0.3) is 0 Å². The highest BCUT2D eigenvalue weighted by atomic mass is 16.5. The molecule has 0 bridgehead atoms. The van der Waals surface area contributed by atoms with Gasteiger partial charge in [-0.05, 0) is 5.56 Å². The Morgan fingerprint density at radius 2 is 1.95 bits per heavy atom. The molecule has 8 heteroatoms. The molecule has 0 spiro atoms. The van der Waals surface area contributed by atoms with Crippen molar-refractivity contribution < 1.29 is 19.5 Å². The molecule has 2 amide bonds. The zero-order chi connectivity index (χ0) is 15.0. The van der Waals surface area contributed by atoms with Crippen molar-refractivity contribution in [1.82, 2.24) is 5.32 Å². The number of amides is 2. The van der Waals surface area contributed by atoms with Crippen LogP contribution in [0, 0.1) is 0 Å². The summed E-state index contributed by atoms with van der Waals surface area (Å²) in [6, 6.07) is 8.61. The summed E-state index contributed by atoms with van der Waals surface area (Å²) >= 11 is 0. The Balaban J connectivity index is 2.70. The average Bonchev–Trinajstić information content (AvgIpc) is 2.44. The summed E-state index contributed by atoms with van der Waals surface area (Å²) in [4.78, 5) is 22.4. The van der Waals surface area contributed by atoms with E-state index in [0.29, 0.717) is 5.56 Å². The van der Waals surface area contributed by atoms with Crippen molar-refractivity contribution in [3.05, 3.63) is 35.9 Å². The first kappa shape index (κ1) is 15.3. The number of rotatable bonds is 6. The van der Waals surface area contributed by atoms with Gasteiger partial charge >= 0.3 is 6.09 Å². The number of hydrogen-bond acceptors (Lipinski definition) is 5. The number of ether oxygens (including phenoxy) is 1. The molecule has 1 rings (SSSR count). The van der Waals surface area contributed by atoms with Gasteiger partial charge in [0, 0.05) is 0 Å². The van der Waals surface area contributed by atoms with Gasteiger partial charge in [0.1, 0.15) is 12.5 Å². The lowest BCUT2D eigenvalue weighted by Crippen LogP contribution is -2.39. The highest BCUT2D eigenvalue weighted by Gasteiger charge is 2.24. The number of oxime groups is 1. The summed E-state index contributed by atoms with van der Waals surface area (Å²) in [5.41, 5.74) is 10.9. The van der Waals surface area contributed by atoms with Crippen LogP contribution in [0.5, 0.6) is 0 Å². The quantitative estimate of drug-likeness (QED) is 0.187. The van der Waals surface area contributed by atoms with Crippen molar-refractivity contribution in [3.63, 3.8) is 0 Å². The van der Waals surface area contributed by atoms with E-state index in [0.717, 1.165) is 0 Å². The van der Waals surface area contributed by atoms with Crippen LogP contribution >= 0.6 is 0 Å². The lowest BCUT2D eigenvalue weighted by atomic mass is 9.97. The molecule has 0 saturated heterocycles. The fourth-order valence-corrected chi connectivity index (χ4v) is 1.59. The summed E-state index contributed by atoms with van der Waals surface area (Å²) in [7, 11) is 0. The van der Waals surface area contributed by atoms with Crippen molar-refractivity contribution in [2.45, 2.75) is 5.92 Å². The molecule has 0 aliphatic rings. The first-order valence-corrected chi connectivity index (χ1v) is 5.78. The third kappa shape index (κ3) is 4.48. The van der Waals surface area contributed by atoms with Crippen LogP contribution in [0.1, 0.15) is 11.5 Å². The van der Waals surface area contributed by atoms with E-state index in [1.165, 1.54) is 0 Å². The molecule has 20 heavy (non-hydrogen) atoms. The molecule has 0 radical (unpaired) electrons. The van der Waals surface area contributed by atoms with Crippen LogP contribution in [0.25, 0.3) is 0 Å². The van der Waals surface area contributed by atoms with Gasteiger partial charge in [0.05, 0.1) is 6.54 Å². The number of nitrogens with zero attached hydrogens (tertiary/aromatic N) is 1. The predicted molar refractivity (Wildman–Crippen MR) is 71.1 cm³/mol. The third-order valence-corrected chi connectivity index (χ3v) is 2.45. The summed E-state index contributed by atoms with van der Waals surface area (Å²) in [5, 5.41) is 14.1. The monoisotopic (exact) mass is 280 g/mol. The number of carbonyl (C=O) groups excluding carboxylic acids is 2. The van der Waals surface area contributed by atoms with E-state index in [-0.39, 0.29) is 19.0 Å². The van der Waals surface area contributed by atoms with Crippen LogP contribution in [0.2, 0.25) is 0 Å². The molecular formula is C12H16N4O4. The second kappa shape index (κ2) is 7.62. The van der Waals surface area contributed by atoms with Crippen LogP contribution in [0.15, 0.2) is 35.5 Å². The summed E-state index contributed by atoms with van der Waals surface area (Å²) in [5.74, 6) is -1.63. The zero-order valence-electron chi connectivity index (χ0n) is 10.7. The molecule has 0 fully saturated rings. The molecular weight excluding hydrogens is 264 g/mol. The van der Waals surface area contributed by atoms with E-state index in [9.17, 15) is 9.59 Å². The van der Waals surface area contributed by atoms with Gasteiger partial charge in [-0.25, -0.2) is 4.79 Å². The van der Waals surface area contributed by atoms with E-state index >= 15 is 0 Å². The summed E-state index contributed by atoms with van der Waals surface area (Å²) in [6.07, 6.45) is -0.921. The van der Waals surface area contributed by atoms with Gasteiger partial charge < -0.3 is 26.7 Å². The maximum absolute atomic E-state index is 12.0. The highest BCUT2D eigenvalue weighted by molar-refractivity contribution is 6.07. The second-order valence-electron chi connectivity index (χ2n) is 3.83. The molecule has 8 nitrogen and oxygen atoms in total. The Kier molecular flexibility index (Phi) is 5.82. The Hall–Kier alpha value is -2.77. The Bertz CT molecular complexity index is 489. The van der Waals surface area contributed by atoms with E-state index in [2.05, 4.69) is 15.2 Å². The minimum Gasteiger partial charge on any atom is -0.448 e. The van der Waals surface area contributed by atoms with Gasteiger partial charge in [-0.3, -0.25) is 4.79 Å². The molecule has 0 aliphatic carbocycles. The fraction of sp³-hybridized carbons (Fsp3) is 0.250. The van der Waals surface area contributed by atoms with Crippen LogP contribution in [0.4, 0.5) is 4.79 Å². The summed E-state index contributed by atoms with van der Waals surface area (Å²) < 4.78 is 4.48. The minimum atomic E-state index is -0.922. The van der Waals surface area contributed by atoms with Gasteiger partial charge in [-0.1, -0.05) is 35.5 Å². The average molecular weight is 280 g/mol. The maximum atomic E-state index is 12.0. The lowest BCUT2D eigenvalue weighted by Gasteiger charge is -2.15. The molecule has 0 aliphatic heterocycles. The number of carbonyl (C=O) groups is 2. The zero-order valence-corrected chi connectivity index (χ0v) is 10.7. The maximum Gasteiger partial charge on any atom is 0.404 e. The molecule has 1 atom stereocenters. The Labute approximate surface area is 115 Å². The number of nitrogens with two attached hydrogens (primary N) is 2. The number of nitrogens with one attached hydrogen (secondary N) is 1. The lowest BCUT2D eigenvalue weighted by molar-refractivity contribution is -0.121. The molecule has 0 heterocycles. The smallest absolute Gasteiger partial charge is 0.404 e. The van der Waals surface area contributed by atoms with Crippen molar-refractivity contribution in [2.24, 2.45) is 16.6 Å². The van der Waals surface area contributed by atoms with E-state index < -0.39 is 17.9 Å². The van der Waals surface area contributed by atoms with Crippen LogP contribution in [-0.2, 0) is 9.53 Å². The third-order valence-electron chi connectivity index (χ3n) is 2.45. The van der Waals surface area contributed by atoms with Crippen molar-refractivity contribution in [2.75, 3.05) is 13.2 Å². The van der Waals surface area contributed by atoms with Crippen LogP contribution in [-0.4, -0.2) is 36.2 Å².